The van der Waals surface area contributed by atoms with E-state index >= 15 is 0 Å². The number of rotatable bonds is 7. The number of nitrogens with one attached hydrogen (secondary N) is 2. The molecule has 1 aromatic rings. The summed E-state index contributed by atoms with van der Waals surface area (Å²) in [4.78, 5) is 11.4. The lowest BCUT2D eigenvalue weighted by molar-refractivity contribution is 0.224. The van der Waals surface area contributed by atoms with E-state index in [1.807, 2.05) is 38.1 Å². The fourth-order valence-corrected chi connectivity index (χ4v) is 1.51. The van der Waals surface area contributed by atoms with Gasteiger partial charge in [-0.05, 0) is 25.5 Å². The van der Waals surface area contributed by atoms with Gasteiger partial charge in [0.2, 0.25) is 0 Å². The van der Waals surface area contributed by atoms with Crippen LogP contribution in [0.15, 0.2) is 24.3 Å². The van der Waals surface area contributed by atoms with Crippen molar-refractivity contribution in [1.82, 2.24) is 10.6 Å². The van der Waals surface area contributed by atoms with E-state index in [2.05, 4.69) is 10.6 Å². The van der Waals surface area contributed by atoms with Crippen molar-refractivity contribution in [3.8, 4) is 11.5 Å². The fourth-order valence-electron chi connectivity index (χ4n) is 1.51. The maximum Gasteiger partial charge on any atom is 0.315 e. The number of carbonyl (C=O) groups is 1. The molecule has 1 atom stereocenters. The van der Waals surface area contributed by atoms with Crippen LogP contribution < -0.4 is 20.1 Å². The van der Waals surface area contributed by atoms with Crippen LogP contribution in [0.25, 0.3) is 0 Å². The average Bonchev–Trinajstić information content (AvgIpc) is 2.43. The van der Waals surface area contributed by atoms with E-state index in [0.717, 1.165) is 6.42 Å². The zero-order valence-electron chi connectivity index (χ0n) is 11.7. The molecule has 0 aromatic heterocycles. The second-order valence-electron chi connectivity index (χ2n) is 4.26. The van der Waals surface area contributed by atoms with Gasteiger partial charge in [0.1, 0.15) is 6.61 Å². The van der Waals surface area contributed by atoms with Crippen LogP contribution in [-0.4, -0.2) is 32.3 Å². The van der Waals surface area contributed by atoms with E-state index < -0.39 is 0 Å². The molecule has 2 amide bonds. The van der Waals surface area contributed by atoms with Gasteiger partial charge in [-0.3, -0.25) is 0 Å². The SMILES string of the molecule is CCCNC(=O)NC(C)COc1ccccc1OC. The molecule has 0 heterocycles. The van der Waals surface area contributed by atoms with Crippen molar-refractivity contribution in [2.45, 2.75) is 26.3 Å². The molecule has 0 aliphatic rings. The normalized spacial score (nSPS) is 11.5. The van der Waals surface area contributed by atoms with Crippen LogP contribution in [0.3, 0.4) is 0 Å². The molecule has 0 saturated heterocycles. The first-order chi connectivity index (χ1) is 9.17. The molecule has 2 N–H and O–H groups in total. The summed E-state index contributed by atoms with van der Waals surface area (Å²) in [5, 5.41) is 5.56. The molecule has 0 saturated carbocycles. The second-order valence-corrected chi connectivity index (χ2v) is 4.26. The topological polar surface area (TPSA) is 59.6 Å². The van der Waals surface area contributed by atoms with E-state index in [-0.39, 0.29) is 12.1 Å². The van der Waals surface area contributed by atoms with Crippen LogP contribution in [0.2, 0.25) is 0 Å². The van der Waals surface area contributed by atoms with Crippen LogP contribution in [0, 0.1) is 0 Å². The van der Waals surface area contributed by atoms with Crippen molar-refractivity contribution in [1.29, 1.82) is 0 Å². The Morgan fingerprint density at radius 2 is 2.00 bits per heavy atom. The number of benzene rings is 1. The lowest BCUT2D eigenvalue weighted by Gasteiger charge is -2.16. The fraction of sp³-hybridized carbons (Fsp3) is 0.500. The molecule has 19 heavy (non-hydrogen) atoms. The third-order valence-electron chi connectivity index (χ3n) is 2.47. The van der Waals surface area contributed by atoms with E-state index in [9.17, 15) is 4.79 Å². The van der Waals surface area contributed by atoms with Crippen molar-refractivity contribution >= 4 is 6.03 Å². The van der Waals surface area contributed by atoms with Gasteiger partial charge in [-0.2, -0.15) is 0 Å². The van der Waals surface area contributed by atoms with Gasteiger partial charge >= 0.3 is 6.03 Å². The van der Waals surface area contributed by atoms with Gasteiger partial charge in [0, 0.05) is 6.54 Å². The number of amides is 2. The van der Waals surface area contributed by atoms with E-state index in [1.54, 1.807) is 7.11 Å². The molecule has 0 bridgehead atoms. The minimum Gasteiger partial charge on any atom is -0.493 e. The van der Waals surface area contributed by atoms with Crippen LogP contribution >= 0.6 is 0 Å². The van der Waals surface area contributed by atoms with Crippen molar-refractivity contribution in [2.75, 3.05) is 20.3 Å². The Kier molecular flexibility index (Phi) is 6.57. The predicted octanol–water partition coefficient (Wildman–Crippen LogP) is 2.17. The van der Waals surface area contributed by atoms with E-state index in [0.29, 0.717) is 24.7 Å². The Labute approximate surface area is 114 Å². The number of methoxy groups -OCH3 is 1. The molecular weight excluding hydrogens is 244 g/mol. The maximum absolute atomic E-state index is 11.4. The van der Waals surface area contributed by atoms with Crippen LogP contribution in [0.4, 0.5) is 4.79 Å². The Morgan fingerprint density at radius 3 is 2.63 bits per heavy atom. The molecule has 0 spiro atoms. The smallest absolute Gasteiger partial charge is 0.315 e. The molecule has 0 aliphatic carbocycles. The second kappa shape index (κ2) is 8.24. The number of ether oxygens (including phenoxy) is 2. The predicted molar refractivity (Wildman–Crippen MR) is 74.8 cm³/mol. The number of hydrogen-bond acceptors (Lipinski definition) is 3. The standard InChI is InChI=1S/C14H22N2O3/c1-4-9-15-14(17)16-11(2)10-19-13-8-6-5-7-12(13)18-3/h5-8,11H,4,9-10H2,1-3H3,(H2,15,16,17). The summed E-state index contributed by atoms with van der Waals surface area (Å²) in [7, 11) is 1.60. The highest BCUT2D eigenvalue weighted by atomic mass is 16.5. The summed E-state index contributed by atoms with van der Waals surface area (Å²) in [6.07, 6.45) is 0.916. The van der Waals surface area contributed by atoms with Gasteiger partial charge in [-0.15, -0.1) is 0 Å². The summed E-state index contributed by atoms with van der Waals surface area (Å²) >= 11 is 0. The number of carbonyl (C=O) groups excluding carboxylic acids is 1. The molecule has 0 fully saturated rings. The molecule has 1 unspecified atom stereocenters. The lowest BCUT2D eigenvalue weighted by atomic mass is 10.3. The van der Waals surface area contributed by atoms with E-state index in [1.165, 1.54) is 0 Å². The van der Waals surface area contributed by atoms with Crippen molar-refractivity contribution < 1.29 is 14.3 Å². The van der Waals surface area contributed by atoms with Crippen LogP contribution in [0.5, 0.6) is 11.5 Å². The van der Waals surface area contributed by atoms with E-state index in [4.69, 9.17) is 9.47 Å². The van der Waals surface area contributed by atoms with Crippen molar-refractivity contribution in [3.63, 3.8) is 0 Å². The molecule has 1 aromatic carbocycles. The highest BCUT2D eigenvalue weighted by Gasteiger charge is 2.09. The Balaban J connectivity index is 2.37. The molecule has 0 radical (unpaired) electrons. The maximum atomic E-state index is 11.4. The summed E-state index contributed by atoms with van der Waals surface area (Å²) < 4.78 is 10.8. The van der Waals surface area contributed by atoms with Crippen molar-refractivity contribution in [2.24, 2.45) is 0 Å². The Morgan fingerprint density at radius 1 is 1.32 bits per heavy atom. The molecule has 1 rings (SSSR count). The first kappa shape index (κ1) is 15.1. The summed E-state index contributed by atoms with van der Waals surface area (Å²) in [6, 6.07) is 7.18. The Hall–Kier alpha value is -1.91. The minimum atomic E-state index is -0.169. The quantitative estimate of drug-likeness (QED) is 0.795. The molecule has 5 nitrogen and oxygen atoms in total. The minimum absolute atomic E-state index is 0.0817. The van der Waals surface area contributed by atoms with Gasteiger partial charge in [-0.25, -0.2) is 4.79 Å². The van der Waals surface area contributed by atoms with Crippen LogP contribution in [0.1, 0.15) is 20.3 Å². The summed E-state index contributed by atoms with van der Waals surface area (Å²) in [5.41, 5.74) is 0. The van der Waals surface area contributed by atoms with Gasteiger partial charge in [-0.1, -0.05) is 19.1 Å². The van der Waals surface area contributed by atoms with Crippen molar-refractivity contribution in [3.05, 3.63) is 24.3 Å². The highest BCUT2D eigenvalue weighted by molar-refractivity contribution is 5.74. The summed E-state index contributed by atoms with van der Waals surface area (Å²) in [5.74, 6) is 1.36. The zero-order valence-corrected chi connectivity index (χ0v) is 11.7. The van der Waals surface area contributed by atoms with Gasteiger partial charge in [0.25, 0.3) is 0 Å². The third kappa shape index (κ3) is 5.50. The van der Waals surface area contributed by atoms with Gasteiger partial charge in [0.05, 0.1) is 13.2 Å². The largest absolute Gasteiger partial charge is 0.493 e. The molecule has 106 valence electrons. The monoisotopic (exact) mass is 266 g/mol. The highest BCUT2D eigenvalue weighted by Crippen LogP contribution is 2.25. The zero-order chi connectivity index (χ0) is 14.1. The lowest BCUT2D eigenvalue weighted by Crippen LogP contribution is -2.43. The number of urea groups is 1. The van der Waals surface area contributed by atoms with Gasteiger partial charge < -0.3 is 20.1 Å². The average molecular weight is 266 g/mol. The molecule has 5 heteroatoms. The third-order valence-corrected chi connectivity index (χ3v) is 2.47. The Bertz CT molecular complexity index is 396. The van der Waals surface area contributed by atoms with Crippen LogP contribution in [-0.2, 0) is 0 Å². The van der Waals surface area contributed by atoms with Gasteiger partial charge in [0.15, 0.2) is 11.5 Å². The number of hydrogen-bond donors (Lipinski definition) is 2. The number of para-hydroxylation sites is 2. The molecule has 0 aliphatic heterocycles. The summed E-state index contributed by atoms with van der Waals surface area (Å²) in [6.45, 7) is 4.96. The first-order valence-electron chi connectivity index (χ1n) is 6.47. The molecular formula is C14H22N2O3. The first-order valence-corrected chi connectivity index (χ1v) is 6.47.